The number of rotatable bonds is 7. The van der Waals surface area contributed by atoms with Crippen molar-refractivity contribution in [2.45, 2.75) is 56.3 Å². The van der Waals surface area contributed by atoms with Crippen LogP contribution in [0.4, 0.5) is 0 Å². The van der Waals surface area contributed by atoms with Gasteiger partial charge in [0.15, 0.2) is 5.16 Å². The quantitative estimate of drug-likeness (QED) is 0.588. The minimum atomic E-state index is -0.584. The van der Waals surface area contributed by atoms with E-state index in [4.69, 9.17) is 6.42 Å². The zero-order valence-electron chi connectivity index (χ0n) is 12.3. The fraction of sp³-hybridized carbons (Fsp3) is 0.643. The Bertz CT molecular complexity index is 605. The lowest BCUT2D eigenvalue weighted by atomic mass is 9.94. The molecule has 7 heteroatoms. The molecular weight excluding hydrogens is 288 g/mol. The van der Waals surface area contributed by atoms with Crippen LogP contribution in [0.15, 0.2) is 9.95 Å². The third-order valence-electron chi connectivity index (χ3n) is 3.78. The number of carbonyl (C=O) groups is 1. The molecule has 2 N–H and O–H groups in total. The van der Waals surface area contributed by atoms with Gasteiger partial charge < -0.3 is 5.32 Å². The van der Waals surface area contributed by atoms with E-state index in [1.807, 2.05) is 13.8 Å². The number of thioether (sulfide) groups is 1. The second-order valence-corrected chi connectivity index (χ2v) is 6.13. The maximum atomic E-state index is 12.1. The fourth-order valence-electron chi connectivity index (χ4n) is 2.15. The van der Waals surface area contributed by atoms with Gasteiger partial charge in [-0.25, -0.2) is 9.89 Å². The van der Waals surface area contributed by atoms with Crippen LogP contribution in [-0.4, -0.2) is 32.0 Å². The molecule has 0 saturated heterocycles. The molecule has 1 aliphatic rings. The summed E-state index contributed by atoms with van der Waals surface area (Å²) in [5, 5.41) is 9.88. The zero-order chi connectivity index (χ0) is 15.5. The first kappa shape index (κ1) is 15.7. The highest BCUT2D eigenvalue weighted by molar-refractivity contribution is 7.99. The van der Waals surface area contributed by atoms with E-state index in [9.17, 15) is 9.59 Å². The molecule has 0 aromatic carbocycles. The molecule has 1 aromatic heterocycles. The molecule has 1 heterocycles. The fourth-order valence-corrected chi connectivity index (χ4v) is 2.96. The normalized spacial score (nSPS) is 14.7. The van der Waals surface area contributed by atoms with Crippen LogP contribution in [0.1, 0.15) is 45.6 Å². The minimum absolute atomic E-state index is 0.139. The van der Waals surface area contributed by atoms with E-state index < -0.39 is 5.54 Å². The van der Waals surface area contributed by atoms with Crippen molar-refractivity contribution in [3.63, 3.8) is 0 Å². The van der Waals surface area contributed by atoms with E-state index in [2.05, 4.69) is 21.4 Å². The highest BCUT2D eigenvalue weighted by Gasteiger charge is 2.29. The van der Waals surface area contributed by atoms with Gasteiger partial charge in [-0.05, 0) is 25.7 Å². The average molecular weight is 308 g/mol. The standard InChI is InChI=1S/C14H20N4O2S/c1-4-14(5-2,6-3)15-11(19)9-21-13-17-16-12(20)18(13)10-7-8-10/h1,10H,5-9H2,2-3H3,(H,15,19)(H,16,20). The summed E-state index contributed by atoms with van der Waals surface area (Å²) in [6.07, 6.45) is 8.88. The number of aromatic amines is 1. The number of aromatic nitrogens is 3. The van der Waals surface area contributed by atoms with E-state index >= 15 is 0 Å². The summed E-state index contributed by atoms with van der Waals surface area (Å²) in [6.45, 7) is 3.91. The van der Waals surface area contributed by atoms with Crippen LogP contribution in [-0.2, 0) is 4.79 Å². The molecule has 1 amide bonds. The lowest BCUT2D eigenvalue weighted by molar-refractivity contribution is -0.119. The third-order valence-corrected chi connectivity index (χ3v) is 4.73. The van der Waals surface area contributed by atoms with Crippen molar-refractivity contribution in [2.24, 2.45) is 0 Å². The van der Waals surface area contributed by atoms with Crippen LogP contribution < -0.4 is 11.0 Å². The molecular formula is C14H20N4O2S. The Morgan fingerprint density at radius 3 is 2.76 bits per heavy atom. The molecule has 0 spiro atoms. The molecule has 0 radical (unpaired) electrons. The molecule has 1 fully saturated rings. The monoisotopic (exact) mass is 308 g/mol. The Morgan fingerprint density at radius 1 is 1.57 bits per heavy atom. The van der Waals surface area contributed by atoms with Gasteiger partial charge in [0.1, 0.15) is 5.54 Å². The van der Waals surface area contributed by atoms with E-state index in [0.717, 1.165) is 12.8 Å². The van der Waals surface area contributed by atoms with Crippen molar-refractivity contribution in [3.05, 3.63) is 10.5 Å². The largest absolute Gasteiger partial charge is 0.344 e. The molecule has 1 aliphatic carbocycles. The topological polar surface area (TPSA) is 79.8 Å². The van der Waals surface area contributed by atoms with E-state index in [0.29, 0.717) is 18.0 Å². The number of terminal acetylenes is 1. The number of H-pyrrole nitrogens is 1. The van der Waals surface area contributed by atoms with Gasteiger partial charge in [-0.2, -0.15) is 0 Å². The second kappa shape index (κ2) is 6.39. The lowest BCUT2D eigenvalue weighted by Crippen LogP contribution is -2.47. The van der Waals surface area contributed by atoms with Crippen LogP contribution >= 0.6 is 11.8 Å². The van der Waals surface area contributed by atoms with Gasteiger partial charge in [0.05, 0.1) is 5.75 Å². The Labute approximate surface area is 128 Å². The third kappa shape index (κ3) is 3.50. The molecule has 1 aromatic rings. The van der Waals surface area contributed by atoms with Crippen LogP contribution in [0.2, 0.25) is 0 Å². The first-order valence-corrected chi connectivity index (χ1v) is 8.12. The van der Waals surface area contributed by atoms with Crippen LogP contribution in [0.25, 0.3) is 0 Å². The number of amides is 1. The van der Waals surface area contributed by atoms with Gasteiger partial charge in [-0.1, -0.05) is 31.5 Å². The molecule has 1 saturated carbocycles. The van der Waals surface area contributed by atoms with E-state index in [1.54, 1.807) is 4.57 Å². The smallest absolute Gasteiger partial charge is 0.339 e. The van der Waals surface area contributed by atoms with Crippen molar-refractivity contribution in [3.8, 4) is 12.3 Å². The molecule has 114 valence electrons. The van der Waals surface area contributed by atoms with Gasteiger partial charge >= 0.3 is 5.69 Å². The Kier molecular flexibility index (Phi) is 4.78. The van der Waals surface area contributed by atoms with E-state index in [-0.39, 0.29) is 23.4 Å². The summed E-state index contributed by atoms with van der Waals surface area (Å²) >= 11 is 1.26. The van der Waals surface area contributed by atoms with Crippen molar-refractivity contribution in [1.29, 1.82) is 0 Å². The van der Waals surface area contributed by atoms with Crippen molar-refractivity contribution in [1.82, 2.24) is 20.1 Å². The summed E-state index contributed by atoms with van der Waals surface area (Å²) in [5.74, 6) is 2.73. The van der Waals surface area contributed by atoms with Crippen molar-refractivity contribution in [2.75, 3.05) is 5.75 Å². The maximum absolute atomic E-state index is 12.1. The first-order chi connectivity index (χ1) is 10.0. The number of nitrogens with zero attached hydrogens (tertiary/aromatic N) is 2. The Balaban J connectivity index is 1.96. The molecule has 0 atom stereocenters. The van der Waals surface area contributed by atoms with E-state index in [1.165, 1.54) is 11.8 Å². The van der Waals surface area contributed by atoms with Gasteiger partial charge in [0, 0.05) is 6.04 Å². The predicted octanol–water partition coefficient (Wildman–Crippen LogP) is 1.31. The van der Waals surface area contributed by atoms with Crippen LogP contribution in [0, 0.1) is 12.3 Å². The Hall–Kier alpha value is -1.68. The summed E-state index contributed by atoms with van der Waals surface area (Å²) in [6, 6.07) is 0.234. The zero-order valence-corrected chi connectivity index (χ0v) is 13.1. The lowest BCUT2D eigenvalue weighted by Gasteiger charge is -2.26. The highest BCUT2D eigenvalue weighted by atomic mass is 32.2. The molecule has 6 nitrogen and oxygen atoms in total. The first-order valence-electron chi connectivity index (χ1n) is 7.13. The summed E-state index contributed by atoms with van der Waals surface area (Å²) in [7, 11) is 0. The molecule has 0 bridgehead atoms. The highest BCUT2D eigenvalue weighted by Crippen LogP contribution is 2.35. The van der Waals surface area contributed by atoms with Gasteiger partial charge in [0.25, 0.3) is 0 Å². The average Bonchev–Trinajstić information content (AvgIpc) is 3.26. The summed E-state index contributed by atoms with van der Waals surface area (Å²) < 4.78 is 1.63. The molecule has 21 heavy (non-hydrogen) atoms. The molecule has 0 aliphatic heterocycles. The molecule has 0 unspecified atom stereocenters. The number of carbonyl (C=O) groups excluding carboxylic acids is 1. The Morgan fingerprint density at radius 2 is 2.24 bits per heavy atom. The minimum Gasteiger partial charge on any atom is -0.339 e. The maximum Gasteiger partial charge on any atom is 0.344 e. The second-order valence-electron chi connectivity index (χ2n) is 5.18. The summed E-state index contributed by atoms with van der Waals surface area (Å²) in [4.78, 5) is 23.7. The molecule has 2 rings (SSSR count). The SMILES string of the molecule is C#CC(CC)(CC)NC(=O)CSc1n[nH]c(=O)n1C1CC1. The number of hydrogen-bond donors (Lipinski definition) is 2. The van der Waals surface area contributed by atoms with Crippen LogP contribution in [0.5, 0.6) is 0 Å². The number of hydrogen-bond acceptors (Lipinski definition) is 4. The number of nitrogens with one attached hydrogen (secondary N) is 2. The van der Waals surface area contributed by atoms with Crippen molar-refractivity contribution < 1.29 is 4.79 Å². The predicted molar refractivity (Wildman–Crippen MR) is 82.1 cm³/mol. The van der Waals surface area contributed by atoms with Gasteiger partial charge in [0.2, 0.25) is 5.91 Å². The summed E-state index contributed by atoms with van der Waals surface area (Å²) in [5.41, 5.74) is -0.792. The van der Waals surface area contributed by atoms with Crippen LogP contribution in [0.3, 0.4) is 0 Å². The van der Waals surface area contributed by atoms with Gasteiger partial charge in [-0.15, -0.1) is 11.5 Å². The van der Waals surface area contributed by atoms with Crippen molar-refractivity contribution >= 4 is 17.7 Å². The van der Waals surface area contributed by atoms with Gasteiger partial charge in [-0.3, -0.25) is 9.36 Å².